The fourth-order valence-corrected chi connectivity index (χ4v) is 3.61. The predicted molar refractivity (Wildman–Crippen MR) is 118 cm³/mol. The van der Waals surface area contributed by atoms with Gasteiger partial charge in [0.2, 0.25) is 5.82 Å². The summed E-state index contributed by atoms with van der Waals surface area (Å²) in [6.45, 7) is 7.99. The van der Waals surface area contributed by atoms with Crippen LogP contribution in [-0.4, -0.2) is 38.4 Å². The summed E-state index contributed by atoms with van der Waals surface area (Å²) in [6, 6.07) is 10.6. The molecule has 8 nitrogen and oxygen atoms in total. The molecule has 0 atom stereocenters. The lowest BCUT2D eigenvalue weighted by molar-refractivity contribution is 0.00578. The van der Waals surface area contributed by atoms with Gasteiger partial charge in [-0.05, 0) is 64.1 Å². The summed E-state index contributed by atoms with van der Waals surface area (Å²) in [5, 5.41) is 5.36. The van der Waals surface area contributed by atoms with Crippen molar-refractivity contribution in [1.82, 2.24) is 20.1 Å². The number of nitrogens with zero attached hydrogens (tertiary/aromatic N) is 2. The van der Waals surface area contributed by atoms with Gasteiger partial charge in [0.1, 0.15) is 5.56 Å². The number of rotatable bonds is 3. The number of nitrogens with one attached hydrogen (secondary N) is 2. The molecule has 2 N–H and O–H groups in total. The Kier molecular flexibility index (Phi) is 4.41. The van der Waals surface area contributed by atoms with Crippen LogP contribution >= 0.6 is 11.6 Å². The number of aromatic nitrogens is 4. The van der Waals surface area contributed by atoms with Crippen LogP contribution in [0.15, 0.2) is 45.7 Å². The molecule has 0 radical (unpaired) electrons. The maximum atomic E-state index is 12.5. The monoisotopic (exact) mass is 438 g/mol. The van der Waals surface area contributed by atoms with Crippen molar-refractivity contribution in [3.8, 4) is 23.0 Å². The van der Waals surface area contributed by atoms with E-state index in [1.807, 2.05) is 39.8 Å². The lowest BCUT2D eigenvalue weighted by Crippen LogP contribution is -2.41. The van der Waals surface area contributed by atoms with E-state index in [1.54, 1.807) is 24.3 Å². The predicted octanol–water partition coefficient (Wildman–Crippen LogP) is 3.53. The first-order chi connectivity index (χ1) is 14.6. The first kappa shape index (κ1) is 20.1. The zero-order valence-corrected chi connectivity index (χ0v) is 18.2. The average molecular weight is 439 g/mol. The number of halogens is 1. The van der Waals surface area contributed by atoms with Crippen molar-refractivity contribution in [1.29, 1.82) is 0 Å². The van der Waals surface area contributed by atoms with Gasteiger partial charge < -0.3 is 23.8 Å². The molecule has 3 aromatic heterocycles. The van der Waals surface area contributed by atoms with E-state index in [9.17, 15) is 4.79 Å². The van der Waals surface area contributed by atoms with Gasteiger partial charge in [0.05, 0.1) is 16.9 Å². The van der Waals surface area contributed by atoms with Crippen molar-refractivity contribution in [3.05, 3.63) is 51.8 Å². The van der Waals surface area contributed by atoms with Crippen LogP contribution < -0.4 is 11.2 Å². The van der Waals surface area contributed by atoms with Crippen molar-refractivity contribution in [3.63, 3.8) is 0 Å². The van der Waals surface area contributed by atoms with Crippen molar-refractivity contribution in [2.24, 2.45) is 0 Å². The van der Waals surface area contributed by atoms with Crippen molar-refractivity contribution < 1.29 is 13.8 Å². The summed E-state index contributed by atoms with van der Waals surface area (Å²) in [5.41, 5.74) is 1.11. The lowest BCUT2D eigenvalue weighted by atomic mass is 9.85. The Morgan fingerprint density at radius 1 is 1.00 bits per heavy atom. The van der Waals surface area contributed by atoms with Crippen LogP contribution in [0.1, 0.15) is 27.7 Å². The highest BCUT2D eigenvalue weighted by molar-refractivity contribution is 6.61. The van der Waals surface area contributed by atoms with Crippen molar-refractivity contribution >= 4 is 35.2 Å². The molecule has 10 heteroatoms. The standard InChI is InChI=1S/C21H20BClN4O4/c1-20(2)21(3,4)31-22(30-20)16-8-7-15(24-16)17-26-19(29-27-17)13-10-11-9-12(23)5-6-14(11)25-18(13)28/h5-10,24H,1-4H3,(H,25,28). The third-order valence-electron chi connectivity index (χ3n) is 5.92. The molecule has 31 heavy (non-hydrogen) atoms. The third-order valence-corrected chi connectivity index (χ3v) is 6.15. The Morgan fingerprint density at radius 3 is 2.48 bits per heavy atom. The third kappa shape index (κ3) is 3.38. The maximum Gasteiger partial charge on any atom is 0.512 e. The van der Waals surface area contributed by atoms with E-state index in [-0.39, 0.29) is 17.0 Å². The fourth-order valence-electron chi connectivity index (χ4n) is 3.43. The number of benzene rings is 1. The van der Waals surface area contributed by atoms with Crippen molar-refractivity contribution in [2.75, 3.05) is 0 Å². The molecule has 0 amide bonds. The molecule has 0 unspecified atom stereocenters. The number of hydrogen-bond donors (Lipinski definition) is 2. The highest BCUT2D eigenvalue weighted by Crippen LogP contribution is 2.36. The van der Waals surface area contributed by atoms with E-state index >= 15 is 0 Å². The van der Waals surface area contributed by atoms with Crippen LogP contribution in [0.2, 0.25) is 5.02 Å². The Hall–Kier alpha value is -2.88. The smallest absolute Gasteiger partial charge is 0.398 e. The van der Waals surface area contributed by atoms with Gasteiger partial charge in [0.15, 0.2) is 0 Å². The van der Waals surface area contributed by atoms with Crippen LogP contribution in [0, 0.1) is 0 Å². The van der Waals surface area contributed by atoms with Crippen LogP contribution in [0.25, 0.3) is 33.9 Å². The average Bonchev–Trinajstić information content (AvgIpc) is 3.40. The molecular weight excluding hydrogens is 419 g/mol. The first-order valence-electron chi connectivity index (χ1n) is 9.85. The molecule has 5 rings (SSSR count). The van der Waals surface area contributed by atoms with Crippen LogP contribution in [0.3, 0.4) is 0 Å². The van der Waals surface area contributed by atoms with Gasteiger partial charge in [-0.1, -0.05) is 16.8 Å². The molecule has 1 aliphatic heterocycles. The van der Waals surface area contributed by atoms with E-state index in [1.165, 1.54) is 0 Å². The minimum Gasteiger partial charge on any atom is -0.398 e. The molecule has 4 aromatic rings. The summed E-state index contributed by atoms with van der Waals surface area (Å²) in [6.07, 6.45) is 0. The molecule has 1 fully saturated rings. The number of pyridine rings is 1. The molecule has 0 bridgehead atoms. The van der Waals surface area contributed by atoms with E-state index in [0.29, 0.717) is 22.1 Å². The van der Waals surface area contributed by atoms with Crippen LogP contribution in [-0.2, 0) is 9.31 Å². The summed E-state index contributed by atoms with van der Waals surface area (Å²) in [5.74, 6) is 0.438. The molecule has 1 saturated heterocycles. The normalized spacial score (nSPS) is 17.5. The van der Waals surface area contributed by atoms with Crippen molar-refractivity contribution in [2.45, 2.75) is 38.9 Å². The zero-order valence-electron chi connectivity index (χ0n) is 17.4. The second-order valence-electron chi connectivity index (χ2n) is 8.58. The second kappa shape index (κ2) is 6.81. The van der Waals surface area contributed by atoms with E-state index in [0.717, 1.165) is 11.0 Å². The fraction of sp³-hybridized carbons (Fsp3) is 0.286. The lowest BCUT2D eigenvalue weighted by Gasteiger charge is -2.32. The van der Waals surface area contributed by atoms with Gasteiger partial charge in [0.25, 0.3) is 11.4 Å². The minimum atomic E-state index is -0.529. The van der Waals surface area contributed by atoms with E-state index in [2.05, 4.69) is 20.1 Å². The van der Waals surface area contributed by atoms with E-state index < -0.39 is 18.3 Å². The highest BCUT2D eigenvalue weighted by Gasteiger charge is 2.52. The van der Waals surface area contributed by atoms with Crippen LogP contribution in [0.5, 0.6) is 0 Å². The van der Waals surface area contributed by atoms with Gasteiger partial charge in [-0.2, -0.15) is 4.98 Å². The second-order valence-corrected chi connectivity index (χ2v) is 9.02. The van der Waals surface area contributed by atoms with Gasteiger partial charge in [-0.15, -0.1) is 0 Å². The number of hydrogen-bond acceptors (Lipinski definition) is 6. The number of H-pyrrole nitrogens is 2. The molecule has 4 heterocycles. The highest BCUT2D eigenvalue weighted by atomic mass is 35.5. The maximum absolute atomic E-state index is 12.5. The molecule has 1 aliphatic rings. The largest absolute Gasteiger partial charge is 0.512 e. The molecule has 0 saturated carbocycles. The number of aromatic amines is 2. The van der Waals surface area contributed by atoms with Gasteiger partial charge in [-0.3, -0.25) is 4.79 Å². The summed E-state index contributed by atoms with van der Waals surface area (Å²) in [7, 11) is -0.529. The zero-order chi connectivity index (χ0) is 22.0. The minimum absolute atomic E-state index is 0.116. The molecule has 158 valence electrons. The quantitative estimate of drug-likeness (QED) is 0.474. The summed E-state index contributed by atoms with van der Waals surface area (Å²) in [4.78, 5) is 22.9. The number of fused-ring (bicyclic) bond motifs is 1. The van der Waals surface area contributed by atoms with Gasteiger partial charge >= 0.3 is 7.12 Å². The van der Waals surface area contributed by atoms with Gasteiger partial charge in [0, 0.05) is 21.5 Å². The Labute approximate surface area is 183 Å². The summed E-state index contributed by atoms with van der Waals surface area (Å²) >= 11 is 6.06. The molecular formula is C21H20BClN4O4. The molecule has 0 aliphatic carbocycles. The van der Waals surface area contributed by atoms with Gasteiger partial charge in [-0.25, -0.2) is 0 Å². The Bertz CT molecular complexity index is 1340. The summed E-state index contributed by atoms with van der Waals surface area (Å²) < 4.78 is 17.5. The Morgan fingerprint density at radius 2 is 1.74 bits per heavy atom. The molecule has 1 aromatic carbocycles. The Balaban J connectivity index is 1.45. The first-order valence-corrected chi connectivity index (χ1v) is 10.2. The molecule has 0 spiro atoms. The topological polar surface area (TPSA) is 106 Å². The van der Waals surface area contributed by atoms with E-state index in [4.69, 9.17) is 25.4 Å². The SMILES string of the molecule is CC1(C)OB(c2ccc(-c3noc(-c4cc5cc(Cl)ccc5[nH]c4=O)n3)[nH]2)OC1(C)C. The van der Waals surface area contributed by atoms with Crippen LogP contribution in [0.4, 0.5) is 0 Å².